The Morgan fingerprint density at radius 1 is 1.33 bits per heavy atom. The first-order chi connectivity index (χ1) is 10.1. The molecule has 1 heterocycles. The van der Waals surface area contributed by atoms with Gasteiger partial charge in [-0.2, -0.15) is 0 Å². The molecule has 0 spiro atoms. The van der Waals surface area contributed by atoms with E-state index in [1.807, 2.05) is 12.1 Å². The van der Waals surface area contributed by atoms with Crippen LogP contribution in [0.3, 0.4) is 0 Å². The van der Waals surface area contributed by atoms with E-state index in [0.29, 0.717) is 23.3 Å². The molecule has 0 radical (unpaired) electrons. The van der Waals surface area contributed by atoms with Gasteiger partial charge in [-0.1, -0.05) is 12.1 Å². The van der Waals surface area contributed by atoms with Gasteiger partial charge >= 0.3 is 5.88 Å². The van der Waals surface area contributed by atoms with E-state index in [4.69, 9.17) is 9.15 Å². The zero-order valence-corrected chi connectivity index (χ0v) is 11.2. The summed E-state index contributed by atoms with van der Waals surface area (Å²) in [6.07, 6.45) is 1.99. The molecule has 0 atom stereocenters. The topological polar surface area (TPSA) is 82.6 Å². The third-order valence-corrected chi connectivity index (χ3v) is 3.34. The van der Waals surface area contributed by atoms with Gasteiger partial charge in [-0.05, 0) is 23.8 Å². The third-order valence-electron chi connectivity index (χ3n) is 3.34. The Kier molecular flexibility index (Phi) is 3.06. The molecule has 6 nitrogen and oxygen atoms in total. The van der Waals surface area contributed by atoms with Crippen molar-refractivity contribution in [2.75, 3.05) is 7.11 Å². The fourth-order valence-corrected chi connectivity index (χ4v) is 2.40. The lowest BCUT2D eigenvalue weighted by Gasteiger charge is -2.04. The van der Waals surface area contributed by atoms with E-state index < -0.39 is 4.92 Å². The molecule has 1 aliphatic carbocycles. The summed E-state index contributed by atoms with van der Waals surface area (Å²) in [4.78, 5) is 22.4. The van der Waals surface area contributed by atoms with Crippen LogP contribution >= 0.6 is 0 Å². The van der Waals surface area contributed by atoms with Crippen LogP contribution in [-0.4, -0.2) is 17.8 Å². The number of fused-ring (bicyclic) bond motifs is 1. The number of nitro groups is 1. The molecule has 0 fully saturated rings. The van der Waals surface area contributed by atoms with Crippen LogP contribution in [0.2, 0.25) is 0 Å². The molecule has 0 saturated carbocycles. The fourth-order valence-electron chi connectivity index (χ4n) is 2.40. The highest BCUT2D eigenvalue weighted by Gasteiger charge is 2.28. The number of ether oxygens (including phenoxy) is 1. The first-order valence-electron chi connectivity index (χ1n) is 6.25. The lowest BCUT2D eigenvalue weighted by atomic mass is 10.1. The van der Waals surface area contributed by atoms with Crippen LogP contribution in [0, 0.1) is 10.1 Å². The van der Waals surface area contributed by atoms with Gasteiger partial charge in [0.15, 0.2) is 5.78 Å². The molecule has 0 bridgehead atoms. The first-order valence-corrected chi connectivity index (χ1v) is 6.25. The predicted molar refractivity (Wildman–Crippen MR) is 74.4 cm³/mol. The zero-order valence-electron chi connectivity index (χ0n) is 11.2. The molecule has 0 unspecified atom stereocenters. The van der Waals surface area contributed by atoms with E-state index >= 15 is 0 Å². The van der Waals surface area contributed by atoms with E-state index in [9.17, 15) is 14.9 Å². The molecule has 1 aromatic carbocycles. The molecule has 0 saturated heterocycles. The van der Waals surface area contributed by atoms with Crippen LogP contribution in [0.15, 0.2) is 40.3 Å². The SMILES string of the molecule is COc1cccc2c1C(=O)C(=Cc1ccc([N+](=O)[O-])o1)C2. The number of hydrogen-bond acceptors (Lipinski definition) is 5. The molecule has 0 aliphatic heterocycles. The summed E-state index contributed by atoms with van der Waals surface area (Å²) in [6, 6.07) is 8.16. The highest BCUT2D eigenvalue weighted by Crippen LogP contribution is 2.34. The summed E-state index contributed by atoms with van der Waals surface area (Å²) < 4.78 is 10.3. The second-order valence-corrected chi connectivity index (χ2v) is 4.60. The zero-order chi connectivity index (χ0) is 15.0. The van der Waals surface area contributed by atoms with Crippen LogP contribution in [0.4, 0.5) is 5.88 Å². The van der Waals surface area contributed by atoms with Gasteiger partial charge in [0.05, 0.1) is 18.7 Å². The minimum absolute atomic E-state index is 0.137. The Balaban J connectivity index is 1.97. The minimum atomic E-state index is -0.615. The Bertz CT molecular complexity index is 772. The minimum Gasteiger partial charge on any atom is -0.496 e. The summed E-state index contributed by atoms with van der Waals surface area (Å²) in [6.45, 7) is 0. The largest absolute Gasteiger partial charge is 0.496 e. The standard InChI is InChI=1S/C15H11NO5/c1-20-12-4-2-3-9-7-10(15(17)14(9)12)8-11-5-6-13(21-11)16(18)19/h2-6,8H,7H2,1H3. The Labute approximate surface area is 119 Å². The summed E-state index contributed by atoms with van der Waals surface area (Å²) in [5.74, 6) is 0.340. The van der Waals surface area contributed by atoms with Crippen LogP contribution < -0.4 is 4.74 Å². The van der Waals surface area contributed by atoms with Gasteiger partial charge in [0.2, 0.25) is 0 Å². The summed E-state index contributed by atoms with van der Waals surface area (Å²) in [5.41, 5.74) is 1.96. The Morgan fingerprint density at radius 2 is 2.14 bits per heavy atom. The molecule has 1 aliphatic rings. The number of rotatable bonds is 3. The molecule has 2 aromatic rings. The average Bonchev–Trinajstić information content (AvgIpc) is 3.05. The van der Waals surface area contributed by atoms with Crippen molar-refractivity contribution in [2.45, 2.75) is 6.42 Å². The number of carbonyl (C=O) groups excluding carboxylic acids is 1. The van der Waals surface area contributed by atoms with Gasteiger partial charge in [-0.3, -0.25) is 14.9 Å². The number of benzene rings is 1. The maximum Gasteiger partial charge on any atom is 0.433 e. The molecule has 1 aromatic heterocycles. The van der Waals surface area contributed by atoms with E-state index in [1.54, 1.807) is 6.07 Å². The molecule has 0 amide bonds. The lowest BCUT2D eigenvalue weighted by molar-refractivity contribution is -0.402. The van der Waals surface area contributed by atoms with Crippen molar-refractivity contribution in [2.24, 2.45) is 0 Å². The quantitative estimate of drug-likeness (QED) is 0.491. The number of furan rings is 1. The van der Waals surface area contributed by atoms with Crippen molar-refractivity contribution in [3.63, 3.8) is 0 Å². The number of Topliss-reactive ketones (excluding diaryl/α,β-unsaturated/α-hetero) is 1. The van der Waals surface area contributed by atoms with E-state index in [0.717, 1.165) is 5.56 Å². The van der Waals surface area contributed by atoms with Crippen LogP contribution in [0.25, 0.3) is 6.08 Å². The van der Waals surface area contributed by atoms with Crippen LogP contribution in [0.1, 0.15) is 21.7 Å². The average molecular weight is 285 g/mol. The van der Waals surface area contributed by atoms with Crippen molar-refractivity contribution in [3.8, 4) is 5.75 Å². The summed E-state index contributed by atoms with van der Waals surface area (Å²) in [5, 5.41) is 10.6. The molecule has 0 N–H and O–H groups in total. The molecule has 106 valence electrons. The summed E-state index contributed by atoms with van der Waals surface area (Å²) in [7, 11) is 1.51. The van der Waals surface area contributed by atoms with E-state index in [-0.39, 0.29) is 17.4 Å². The number of hydrogen-bond donors (Lipinski definition) is 0. The number of carbonyl (C=O) groups is 1. The van der Waals surface area contributed by atoms with Crippen LogP contribution in [-0.2, 0) is 6.42 Å². The predicted octanol–water partition coefficient (Wildman–Crippen LogP) is 3.02. The van der Waals surface area contributed by atoms with E-state index in [2.05, 4.69) is 0 Å². The van der Waals surface area contributed by atoms with Gasteiger partial charge in [0.1, 0.15) is 16.4 Å². The number of ketones is 1. The van der Waals surface area contributed by atoms with Crippen molar-refractivity contribution < 1.29 is 18.9 Å². The number of nitrogens with zero attached hydrogens (tertiary/aromatic N) is 1. The van der Waals surface area contributed by atoms with Gasteiger partial charge in [0.25, 0.3) is 0 Å². The maximum absolute atomic E-state index is 12.4. The second kappa shape index (κ2) is 4.90. The monoisotopic (exact) mass is 285 g/mol. The lowest BCUT2D eigenvalue weighted by Crippen LogP contribution is -1.98. The molecular formula is C15H11NO5. The first kappa shape index (κ1) is 13.1. The van der Waals surface area contributed by atoms with Crippen molar-refractivity contribution >= 4 is 17.7 Å². The van der Waals surface area contributed by atoms with Crippen molar-refractivity contribution in [1.29, 1.82) is 0 Å². The van der Waals surface area contributed by atoms with Gasteiger partial charge in [-0.25, -0.2) is 0 Å². The fraction of sp³-hybridized carbons (Fsp3) is 0.133. The van der Waals surface area contributed by atoms with Gasteiger partial charge in [0, 0.05) is 12.0 Å². The highest BCUT2D eigenvalue weighted by atomic mass is 16.6. The molecular weight excluding hydrogens is 274 g/mol. The number of methoxy groups -OCH3 is 1. The third kappa shape index (κ3) is 2.20. The number of allylic oxidation sites excluding steroid dienone is 1. The maximum atomic E-state index is 12.4. The van der Waals surface area contributed by atoms with E-state index in [1.165, 1.54) is 25.3 Å². The second-order valence-electron chi connectivity index (χ2n) is 4.60. The Morgan fingerprint density at radius 3 is 2.81 bits per heavy atom. The highest BCUT2D eigenvalue weighted by molar-refractivity contribution is 6.17. The normalized spacial score (nSPS) is 15.3. The molecule has 3 rings (SSSR count). The Hall–Kier alpha value is -2.89. The van der Waals surface area contributed by atoms with Crippen molar-refractivity contribution in [1.82, 2.24) is 0 Å². The molecule has 21 heavy (non-hydrogen) atoms. The van der Waals surface area contributed by atoms with Gasteiger partial charge < -0.3 is 9.15 Å². The smallest absolute Gasteiger partial charge is 0.433 e. The van der Waals surface area contributed by atoms with Gasteiger partial charge in [-0.15, -0.1) is 0 Å². The van der Waals surface area contributed by atoms with Crippen molar-refractivity contribution in [3.05, 3.63) is 62.9 Å². The summed E-state index contributed by atoms with van der Waals surface area (Å²) >= 11 is 0. The van der Waals surface area contributed by atoms with Crippen LogP contribution in [0.5, 0.6) is 5.75 Å². The molecule has 6 heteroatoms.